The highest BCUT2D eigenvalue weighted by molar-refractivity contribution is 6.30. The molecular formula is C18H22ClN5O4. The maximum absolute atomic E-state index is 12.8. The second-order valence-electron chi connectivity index (χ2n) is 6.48. The molecule has 0 aliphatic rings. The minimum atomic E-state index is -0.822. The van der Waals surface area contributed by atoms with Crippen molar-refractivity contribution in [3.8, 4) is 0 Å². The van der Waals surface area contributed by atoms with Gasteiger partial charge in [-0.1, -0.05) is 17.7 Å². The highest BCUT2D eigenvalue weighted by atomic mass is 35.5. The van der Waals surface area contributed by atoms with E-state index < -0.39 is 23.1 Å². The Bertz CT molecular complexity index is 1040. The number of benzene rings is 1. The molecule has 0 fully saturated rings. The Morgan fingerprint density at radius 1 is 1.25 bits per heavy atom. The molecule has 10 heteroatoms. The number of nitrogens with two attached hydrogens (primary N) is 1. The zero-order valence-electron chi connectivity index (χ0n) is 16.0. The van der Waals surface area contributed by atoms with Crippen molar-refractivity contribution < 1.29 is 9.59 Å². The number of carbonyl (C=O) groups is 2. The molecule has 0 spiro atoms. The number of nitrogens with one attached hydrogen (secondary N) is 1. The molecule has 150 valence electrons. The van der Waals surface area contributed by atoms with Crippen molar-refractivity contribution in [2.45, 2.75) is 13.0 Å². The monoisotopic (exact) mass is 407 g/mol. The van der Waals surface area contributed by atoms with E-state index >= 15 is 0 Å². The number of aromatic nitrogens is 2. The summed E-state index contributed by atoms with van der Waals surface area (Å²) in [7, 11) is 4.22. The molecule has 0 saturated carbocycles. The Labute approximate surface area is 166 Å². The Kier molecular flexibility index (Phi) is 6.42. The van der Waals surface area contributed by atoms with Gasteiger partial charge in [0.1, 0.15) is 11.4 Å². The molecule has 2 aromatic rings. The summed E-state index contributed by atoms with van der Waals surface area (Å²) in [6.07, 6.45) is 0. The van der Waals surface area contributed by atoms with Gasteiger partial charge in [0.25, 0.3) is 5.56 Å². The zero-order valence-corrected chi connectivity index (χ0v) is 16.8. The number of halogens is 1. The summed E-state index contributed by atoms with van der Waals surface area (Å²) in [5, 5.41) is 3.17. The third-order valence-electron chi connectivity index (χ3n) is 4.50. The van der Waals surface area contributed by atoms with Gasteiger partial charge in [-0.2, -0.15) is 0 Å². The van der Waals surface area contributed by atoms with Gasteiger partial charge in [-0.05, 0) is 32.2 Å². The lowest BCUT2D eigenvalue weighted by Crippen LogP contribution is -2.46. The Morgan fingerprint density at radius 3 is 2.50 bits per heavy atom. The molecule has 1 unspecified atom stereocenters. The van der Waals surface area contributed by atoms with E-state index in [1.165, 1.54) is 19.0 Å². The third-order valence-corrected chi connectivity index (χ3v) is 4.73. The number of hydrogen-bond donors (Lipinski definition) is 2. The van der Waals surface area contributed by atoms with Crippen molar-refractivity contribution in [1.82, 2.24) is 14.0 Å². The number of nitrogens with zero attached hydrogens (tertiary/aromatic N) is 3. The summed E-state index contributed by atoms with van der Waals surface area (Å²) in [4.78, 5) is 50.8. The van der Waals surface area contributed by atoms with E-state index in [9.17, 15) is 19.2 Å². The van der Waals surface area contributed by atoms with E-state index in [0.717, 1.165) is 9.13 Å². The number of anilines is 2. The van der Waals surface area contributed by atoms with Gasteiger partial charge in [-0.25, -0.2) is 4.79 Å². The molecule has 2 rings (SSSR count). The first-order valence-electron chi connectivity index (χ1n) is 8.40. The van der Waals surface area contributed by atoms with Crippen LogP contribution in [0.15, 0.2) is 33.9 Å². The molecular weight excluding hydrogens is 386 g/mol. The van der Waals surface area contributed by atoms with Crippen LogP contribution in [-0.2, 0) is 18.9 Å². The molecule has 1 amide bonds. The number of likely N-dealkylation sites (N-methyl/N-ethyl adjacent to an activating group) is 1. The molecule has 9 nitrogen and oxygen atoms in total. The van der Waals surface area contributed by atoms with Crippen LogP contribution in [0, 0.1) is 0 Å². The number of nitrogen functional groups attached to an aromatic ring is 1. The van der Waals surface area contributed by atoms with Crippen LogP contribution in [-0.4, -0.2) is 45.4 Å². The van der Waals surface area contributed by atoms with Crippen LogP contribution in [0.2, 0.25) is 5.02 Å². The second-order valence-corrected chi connectivity index (χ2v) is 6.92. The van der Waals surface area contributed by atoms with E-state index in [0.29, 0.717) is 10.7 Å². The molecule has 1 atom stereocenters. The summed E-state index contributed by atoms with van der Waals surface area (Å²) < 4.78 is 1.86. The van der Waals surface area contributed by atoms with E-state index in [4.69, 9.17) is 17.3 Å². The predicted octanol–water partition coefficient (Wildman–Crippen LogP) is 0.461. The van der Waals surface area contributed by atoms with Crippen molar-refractivity contribution in [3.05, 3.63) is 55.7 Å². The smallest absolute Gasteiger partial charge is 0.332 e. The van der Waals surface area contributed by atoms with Gasteiger partial charge in [0.05, 0.1) is 12.6 Å². The lowest BCUT2D eigenvalue weighted by Gasteiger charge is -2.23. The molecule has 1 heterocycles. The summed E-state index contributed by atoms with van der Waals surface area (Å²) in [5.74, 6) is -1.14. The average molecular weight is 408 g/mol. The second kappa shape index (κ2) is 8.41. The molecule has 0 radical (unpaired) electrons. The fraction of sp³-hybridized carbons (Fsp3) is 0.333. The van der Waals surface area contributed by atoms with Gasteiger partial charge in [-0.15, -0.1) is 0 Å². The van der Waals surface area contributed by atoms with Crippen molar-refractivity contribution in [2.75, 3.05) is 24.6 Å². The fourth-order valence-corrected chi connectivity index (χ4v) is 2.82. The number of amides is 1. The normalized spacial score (nSPS) is 12.1. The number of ketones is 1. The van der Waals surface area contributed by atoms with Gasteiger partial charge >= 0.3 is 5.69 Å². The molecule has 0 aliphatic carbocycles. The van der Waals surface area contributed by atoms with Crippen LogP contribution < -0.4 is 22.3 Å². The maximum Gasteiger partial charge on any atom is 0.332 e. The van der Waals surface area contributed by atoms with Gasteiger partial charge in [0.2, 0.25) is 5.91 Å². The highest BCUT2D eigenvalue weighted by Crippen LogP contribution is 2.15. The lowest BCUT2D eigenvalue weighted by molar-refractivity contribution is -0.117. The fourth-order valence-electron chi connectivity index (χ4n) is 2.63. The van der Waals surface area contributed by atoms with Crippen LogP contribution in [0.5, 0.6) is 0 Å². The maximum atomic E-state index is 12.8. The van der Waals surface area contributed by atoms with Crippen LogP contribution in [0.4, 0.5) is 11.5 Å². The van der Waals surface area contributed by atoms with E-state index in [1.54, 1.807) is 38.2 Å². The number of rotatable bonds is 6. The van der Waals surface area contributed by atoms with Crippen molar-refractivity contribution >= 4 is 34.8 Å². The Hall–Kier alpha value is -2.91. The van der Waals surface area contributed by atoms with Crippen LogP contribution in [0.3, 0.4) is 0 Å². The number of Topliss-reactive ketones (excluding diaryl/α,β-unsaturated/α-hetero) is 1. The molecule has 28 heavy (non-hydrogen) atoms. The zero-order chi connectivity index (χ0) is 21.2. The van der Waals surface area contributed by atoms with E-state index in [2.05, 4.69) is 5.32 Å². The molecule has 0 aliphatic heterocycles. The van der Waals surface area contributed by atoms with E-state index in [-0.39, 0.29) is 23.8 Å². The molecule has 1 aromatic heterocycles. The largest absolute Gasteiger partial charge is 0.384 e. The van der Waals surface area contributed by atoms with Gasteiger partial charge in [0, 0.05) is 24.8 Å². The van der Waals surface area contributed by atoms with Crippen LogP contribution in [0.25, 0.3) is 0 Å². The van der Waals surface area contributed by atoms with Crippen molar-refractivity contribution in [1.29, 1.82) is 0 Å². The first-order chi connectivity index (χ1) is 13.0. The summed E-state index contributed by atoms with van der Waals surface area (Å²) in [5.41, 5.74) is 4.68. The van der Waals surface area contributed by atoms with Gasteiger partial charge < -0.3 is 11.1 Å². The standard InChI is InChI=1S/C18H22ClN5O4/c1-10(15(26)14-16(20)23(3)18(28)24(4)17(14)27)22(2)9-13(25)21-12-7-5-6-11(19)8-12/h5-8,10H,9,20H2,1-4H3,(H,21,25). The first kappa shape index (κ1) is 21.4. The number of hydrogen-bond acceptors (Lipinski definition) is 6. The molecule has 1 aromatic carbocycles. The predicted molar refractivity (Wildman–Crippen MR) is 108 cm³/mol. The van der Waals surface area contributed by atoms with Crippen LogP contribution in [0.1, 0.15) is 17.3 Å². The van der Waals surface area contributed by atoms with Crippen LogP contribution >= 0.6 is 11.6 Å². The first-order valence-corrected chi connectivity index (χ1v) is 8.77. The SMILES string of the molecule is CC(C(=O)c1c(N)n(C)c(=O)n(C)c1=O)N(C)CC(=O)Nc1cccc(Cl)c1. The minimum Gasteiger partial charge on any atom is -0.384 e. The minimum absolute atomic E-state index is 0.106. The summed E-state index contributed by atoms with van der Waals surface area (Å²) in [6, 6.07) is 5.85. The average Bonchev–Trinajstić information content (AvgIpc) is 2.64. The summed E-state index contributed by atoms with van der Waals surface area (Å²) >= 11 is 5.89. The summed E-state index contributed by atoms with van der Waals surface area (Å²) in [6.45, 7) is 1.45. The lowest BCUT2D eigenvalue weighted by atomic mass is 10.1. The molecule has 0 saturated heterocycles. The molecule has 0 bridgehead atoms. The highest BCUT2D eigenvalue weighted by Gasteiger charge is 2.27. The molecule has 3 N–H and O–H groups in total. The Morgan fingerprint density at radius 2 is 1.89 bits per heavy atom. The number of carbonyl (C=O) groups excluding carboxylic acids is 2. The van der Waals surface area contributed by atoms with E-state index in [1.807, 2.05) is 0 Å². The van der Waals surface area contributed by atoms with Crippen molar-refractivity contribution in [2.24, 2.45) is 14.1 Å². The third kappa shape index (κ3) is 4.32. The quantitative estimate of drug-likeness (QED) is 0.671. The van der Waals surface area contributed by atoms with Crippen molar-refractivity contribution in [3.63, 3.8) is 0 Å². The van der Waals surface area contributed by atoms with Gasteiger partial charge in [0.15, 0.2) is 5.78 Å². The Balaban J connectivity index is 2.18. The topological polar surface area (TPSA) is 119 Å². The van der Waals surface area contributed by atoms with Gasteiger partial charge in [-0.3, -0.25) is 28.4 Å².